The fourth-order valence-electron chi connectivity index (χ4n) is 4.47. The third kappa shape index (κ3) is 8.21. The summed E-state index contributed by atoms with van der Waals surface area (Å²) in [6.45, 7) is 4.56. The van der Waals surface area contributed by atoms with Gasteiger partial charge in [0.05, 0.1) is 43.9 Å². The summed E-state index contributed by atoms with van der Waals surface area (Å²) >= 11 is 1.16. The lowest BCUT2D eigenvalue weighted by Crippen LogP contribution is -2.49. The molecule has 1 aliphatic heterocycles. The summed E-state index contributed by atoms with van der Waals surface area (Å²) in [5.74, 6) is 0.100. The zero-order valence-electron chi connectivity index (χ0n) is 22.6. The van der Waals surface area contributed by atoms with Crippen molar-refractivity contribution in [2.45, 2.75) is 45.4 Å². The van der Waals surface area contributed by atoms with E-state index in [0.717, 1.165) is 48.8 Å². The Morgan fingerprint density at radius 2 is 1.79 bits per heavy atom. The Balaban J connectivity index is 1.31. The van der Waals surface area contributed by atoms with Gasteiger partial charge >= 0.3 is 11.9 Å². The number of quaternary nitrogens is 1. The minimum atomic E-state index is -0.469. The quantitative estimate of drug-likeness (QED) is 0.117. The average Bonchev–Trinajstić information content (AvgIpc) is 3.42. The number of carbonyl (C=O) groups excluding carboxylic acids is 2. The minimum Gasteiger partial charge on any atom is -0.475 e. The Morgan fingerprint density at radius 3 is 2.62 bits per heavy atom. The summed E-state index contributed by atoms with van der Waals surface area (Å²) in [6.07, 6.45) is 7.57. The van der Waals surface area contributed by atoms with E-state index in [1.165, 1.54) is 12.8 Å². The van der Waals surface area contributed by atoms with Crippen LogP contribution < -0.4 is 9.47 Å². The van der Waals surface area contributed by atoms with Crippen LogP contribution in [0.4, 0.5) is 0 Å². The van der Waals surface area contributed by atoms with Crippen molar-refractivity contribution in [2.24, 2.45) is 0 Å². The summed E-state index contributed by atoms with van der Waals surface area (Å²) in [6, 6.07) is 15.8. The number of aromatic nitrogens is 2. The number of hydrogen-bond acceptors (Lipinski definition) is 8. The van der Waals surface area contributed by atoms with Gasteiger partial charge in [-0.05, 0) is 24.6 Å². The van der Waals surface area contributed by atoms with E-state index in [2.05, 4.69) is 28.8 Å². The number of para-hydroxylation sites is 1. The Morgan fingerprint density at radius 1 is 1.00 bits per heavy atom. The van der Waals surface area contributed by atoms with Crippen LogP contribution in [-0.2, 0) is 16.0 Å². The molecule has 0 radical (unpaired) electrons. The van der Waals surface area contributed by atoms with Gasteiger partial charge in [0, 0.05) is 17.6 Å². The lowest BCUT2D eigenvalue weighted by atomic mass is 10.1. The fraction of sp³-hybridized carbons (Fsp3) is 0.400. The first-order valence-electron chi connectivity index (χ1n) is 13.5. The Hall–Kier alpha value is -3.56. The first-order chi connectivity index (χ1) is 19.0. The lowest BCUT2D eigenvalue weighted by Gasteiger charge is -2.36. The molecule has 0 bridgehead atoms. The molecular weight excluding hydrogens is 514 g/mol. The van der Waals surface area contributed by atoms with E-state index >= 15 is 0 Å². The van der Waals surface area contributed by atoms with Gasteiger partial charge in [0.25, 0.3) is 5.88 Å². The second kappa shape index (κ2) is 14.0. The molecule has 1 aromatic heterocycles. The predicted octanol–water partition coefficient (Wildman–Crippen LogP) is 5.69. The van der Waals surface area contributed by atoms with Crippen molar-refractivity contribution in [3.05, 3.63) is 77.5 Å². The number of hydrogen-bond donors (Lipinski definition) is 0. The van der Waals surface area contributed by atoms with Crippen LogP contribution in [0.25, 0.3) is 5.57 Å². The molecule has 0 aliphatic carbocycles. The second-order valence-corrected chi connectivity index (χ2v) is 10.6. The molecule has 1 aliphatic rings. The summed E-state index contributed by atoms with van der Waals surface area (Å²) in [7, 11) is 2.07. The maximum absolute atomic E-state index is 12.8. The maximum atomic E-state index is 12.8. The number of benzene rings is 2. The highest BCUT2D eigenvalue weighted by molar-refractivity contribution is 6.99. The molecule has 0 spiro atoms. The van der Waals surface area contributed by atoms with Crippen LogP contribution in [0.3, 0.4) is 0 Å². The summed E-state index contributed by atoms with van der Waals surface area (Å²) in [4.78, 5) is 25.3. The summed E-state index contributed by atoms with van der Waals surface area (Å²) in [5, 5.41) is 0. The molecule has 0 amide bonds. The van der Waals surface area contributed by atoms with Crippen LogP contribution in [0.1, 0.15) is 60.6 Å². The van der Waals surface area contributed by atoms with Gasteiger partial charge in [-0.15, -0.1) is 4.37 Å². The Labute approximate surface area is 234 Å². The Kier molecular flexibility index (Phi) is 10.2. The Bertz CT molecular complexity index is 1280. The van der Waals surface area contributed by atoms with Crippen molar-refractivity contribution in [3.8, 4) is 11.6 Å². The number of esters is 2. The minimum absolute atomic E-state index is 0.00691. The highest BCUT2D eigenvalue weighted by Gasteiger charge is 2.31. The zero-order chi connectivity index (χ0) is 27.5. The number of nitrogens with zero attached hydrogens (tertiary/aromatic N) is 3. The van der Waals surface area contributed by atoms with Crippen LogP contribution in [0.5, 0.6) is 11.6 Å². The van der Waals surface area contributed by atoms with Crippen LogP contribution in [0.2, 0.25) is 0 Å². The number of rotatable bonds is 13. The van der Waals surface area contributed by atoms with Crippen LogP contribution in [0, 0.1) is 0 Å². The molecule has 39 heavy (non-hydrogen) atoms. The van der Waals surface area contributed by atoms with E-state index in [4.69, 9.17) is 14.2 Å². The number of ether oxygens (including phenoxy) is 3. The third-order valence-electron chi connectivity index (χ3n) is 6.67. The van der Waals surface area contributed by atoms with Crippen molar-refractivity contribution < 1.29 is 28.3 Å². The molecular formula is C30H36N3O5S+. The molecule has 0 N–H and O–H groups in total. The van der Waals surface area contributed by atoms with Crippen LogP contribution >= 0.6 is 11.7 Å². The zero-order valence-corrected chi connectivity index (χ0v) is 23.5. The summed E-state index contributed by atoms with van der Waals surface area (Å²) < 4.78 is 26.7. The van der Waals surface area contributed by atoms with E-state index in [0.29, 0.717) is 40.4 Å². The van der Waals surface area contributed by atoms with Gasteiger partial charge in [-0.3, -0.25) is 9.28 Å². The molecule has 2 heterocycles. The molecule has 0 saturated carbocycles. The number of carbonyl (C=O) groups is 2. The highest BCUT2D eigenvalue weighted by Crippen LogP contribution is 2.30. The molecule has 0 saturated heterocycles. The molecule has 1 atom stereocenters. The van der Waals surface area contributed by atoms with Crippen molar-refractivity contribution in [1.29, 1.82) is 0 Å². The van der Waals surface area contributed by atoms with Crippen molar-refractivity contribution in [3.63, 3.8) is 0 Å². The van der Waals surface area contributed by atoms with Crippen molar-refractivity contribution in [2.75, 3.05) is 33.5 Å². The fourth-order valence-corrected chi connectivity index (χ4v) is 5.00. The largest absolute Gasteiger partial charge is 0.475 e. The first-order valence-corrected chi connectivity index (χ1v) is 14.2. The topological polar surface area (TPSA) is 87.6 Å². The molecule has 1 unspecified atom stereocenters. The highest BCUT2D eigenvalue weighted by atomic mass is 32.1. The molecule has 9 heteroatoms. The van der Waals surface area contributed by atoms with E-state index < -0.39 is 5.97 Å². The molecule has 4 rings (SSSR count). The van der Waals surface area contributed by atoms with Crippen LogP contribution in [-0.4, -0.2) is 58.6 Å². The van der Waals surface area contributed by atoms with Gasteiger partial charge < -0.3 is 14.2 Å². The predicted molar refractivity (Wildman–Crippen MR) is 151 cm³/mol. The van der Waals surface area contributed by atoms with E-state index in [9.17, 15) is 9.59 Å². The normalized spacial score (nSPS) is 16.8. The van der Waals surface area contributed by atoms with Gasteiger partial charge in [-0.2, -0.15) is 4.37 Å². The molecule has 206 valence electrons. The SMILES string of the molecule is CCCCCCOc1nsnc1C1=CCC[N+](C)(COC(=O)Cc2ccccc2OC(=O)c2ccccc2)C1. The van der Waals surface area contributed by atoms with Crippen LogP contribution in [0.15, 0.2) is 60.7 Å². The monoisotopic (exact) mass is 550 g/mol. The summed E-state index contributed by atoms with van der Waals surface area (Å²) in [5.41, 5.74) is 2.90. The van der Waals surface area contributed by atoms with Gasteiger partial charge in [0.1, 0.15) is 18.0 Å². The molecule has 8 nitrogen and oxygen atoms in total. The maximum Gasteiger partial charge on any atom is 0.343 e. The van der Waals surface area contributed by atoms with E-state index in [1.54, 1.807) is 42.5 Å². The first kappa shape index (κ1) is 28.4. The van der Waals surface area contributed by atoms with Crippen molar-refractivity contribution in [1.82, 2.24) is 8.75 Å². The smallest absolute Gasteiger partial charge is 0.343 e. The molecule has 2 aromatic carbocycles. The van der Waals surface area contributed by atoms with Gasteiger partial charge in [-0.25, -0.2) is 4.79 Å². The van der Waals surface area contributed by atoms with E-state index in [1.807, 2.05) is 12.1 Å². The average molecular weight is 551 g/mol. The van der Waals surface area contributed by atoms with Gasteiger partial charge in [-0.1, -0.05) is 68.7 Å². The van der Waals surface area contributed by atoms with E-state index in [-0.39, 0.29) is 19.1 Å². The van der Waals surface area contributed by atoms with Crippen molar-refractivity contribution >= 4 is 29.2 Å². The second-order valence-electron chi connectivity index (χ2n) is 10.0. The number of likely N-dealkylation sites (N-methyl/N-ethyl adjacent to an activating group) is 1. The lowest BCUT2D eigenvalue weighted by molar-refractivity contribution is -0.919. The standard InChI is InChI=1S/C30H36N3O5S/c1-3-4-5-11-19-36-29-28(31-39-32-29)25-16-12-18-33(2,21-25)22-37-27(34)20-24-15-9-10-17-26(24)38-30(35)23-13-7-6-8-14-23/h6-10,13-17H,3-5,11-12,18-22H2,1-2H3/q+1. The van der Waals surface area contributed by atoms with Gasteiger partial charge in [0.2, 0.25) is 6.73 Å². The number of unbranched alkanes of at least 4 members (excludes halogenated alkanes) is 3. The molecule has 0 fully saturated rings. The van der Waals surface area contributed by atoms with Gasteiger partial charge in [0.15, 0.2) is 0 Å². The third-order valence-corrected chi connectivity index (χ3v) is 7.18. The molecule has 3 aromatic rings.